The second kappa shape index (κ2) is 7.24. The van der Waals surface area contributed by atoms with Crippen LogP contribution in [0.25, 0.3) is 0 Å². The van der Waals surface area contributed by atoms with Gasteiger partial charge in [-0.3, -0.25) is 4.79 Å². The fourth-order valence-corrected chi connectivity index (χ4v) is 3.56. The number of methoxy groups -OCH3 is 1. The number of hydrogen-bond acceptors (Lipinski definition) is 3. The number of rotatable bonds is 7. The zero-order valence-corrected chi connectivity index (χ0v) is 14.3. The number of nitrogens with one attached hydrogen (secondary N) is 1. The third kappa shape index (κ3) is 4.18. The van der Waals surface area contributed by atoms with Gasteiger partial charge in [0.25, 0.3) is 0 Å². The van der Waals surface area contributed by atoms with E-state index < -0.39 is 0 Å². The molecule has 4 heteroatoms. The van der Waals surface area contributed by atoms with Crippen LogP contribution in [0.3, 0.4) is 0 Å². The molecule has 1 aliphatic carbocycles. The molecule has 0 spiro atoms. The maximum Gasteiger partial charge on any atom is 0.220 e. The Morgan fingerprint density at radius 2 is 2.13 bits per heavy atom. The molecule has 1 amide bonds. The number of amides is 1. The van der Waals surface area contributed by atoms with E-state index in [0.717, 1.165) is 43.4 Å². The third-order valence-electron chi connectivity index (χ3n) is 5.23. The van der Waals surface area contributed by atoms with Crippen LogP contribution < -0.4 is 15.0 Å². The van der Waals surface area contributed by atoms with Gasteiger partial charge in [-0.25, -0.2) is 0 Å². The summed E-state index contributed by atoms with van der Waals surface area (Å²) in [6.07, 6.45) is 4.43. The first-order valence-electron chi connectivity index (χ1n) is 8.82. The highest BCUT2D eigenvalue weighted by molar-refractivity contribution is 5.76. The molecule has 1 N–H and O–H groups in total. The van der Waals surface area contributed by atoms with E-state index in [1.807, 2.05) is 18.2 Å². The summed E-state index contributed by atoms with van der Waals surface area (Å²) in [6, 6.07) is 8.16. The first-order chi connectivity index (χ1) is 11.2. The quantitative estimate of drug-likeness (QED) is 0.840. The molecule has 0 bridgehead atoms. The van der Waals surface area contributed by atoms with Crippen LogP contribution in [-0.2, 0) is 4.79 Å². The van der Waals surface area contributed by atoms with Crippen LogP contribution in [0.1, 0.15) is 32.6 Å². The van der Waals surface area contributed by atoms with Gasteiger partial charge in [0.15, 0.2) is 0 Å². The zero-order valence-electron chi connectivity index (χ0n) is 14.3. The molecule has 2 fully saturated rings. The molecule has 1 aliphatic heterocycles. The van der Waals surface area contributed by atoms with E-state index >= 15 is 0 Å². The van der Waals surface area contributed by atoms with Crippen LogP contribution in [0.2, 0.25) is 0 Å². The number of ether oxygens (including phenoxy) is 1. The summed E-state index contributed by atoms with van der Waals surface area (Å²) in [5.74, 6) is 3.02. The van der Waals surface area contributed by atoms with Crippen molar-refractivity contribution in [1.29, 1.82) is 0 Å². The lowest BCUT2D eigenvalue weighted by Crippen LogP contribution is -2.32. The summed E-state index contributed by atoms with van der Waals surface area (Å²) >= 11 is 0. The lowest BCUT2D eigenvalue weighted by molar-refractivity contribution is -0.122. The molecule has 1 heterocycles. The fraction of sp³-hybridized carbons (Fsp3) is 0.632. The number of carbonyl (C=O) groups excluding carboxylic acids is 1. The molecule has 3 rings (SSSR count). The van der Waals surface area contributed by atoms with Gasteiger partial charge in [0, 0.05) is 26.1 Å². The molecule has 23 heavy (non-hydrogen) atoms. The van der Waals surface area contributed by atoms with Crippen molar-refractivity contribution < 1.29 is 9.53 Å². The molecule has 0 unspecified atom stereocenters. The molecule has 4 nitrogen and oxygen atoms in total. The van der Waals surface area contributed by atoms with Crippen molar-refractivity contribution in [2.24, 2.45) is 17.8 Å². The lowest BCUT2D eigenvalue weighted by Gasteiger charge is -2.21. The summed E-state index contributed by atoms with van der Waals surface area (Å²) in [5.41, 5.74) is 1.16. The van der Waals surface area contributed by atoms with Crippen molar-refractivity contribution in [2.45, 2.75) is 32.6 Å². The van der Waals surface area contributed by atoms with Crippen molar-refractivity contribution in [3.05, 3.63) is 24.3 Å². The Kier molecular flexibility index (Phi) is 5.09. The van der Waals surface area contributed by atoms with Crippen molar-refractivity contribution >= 4 is 11.6 Å². The highest BCUT2D eigenvalue weighted by Gasteiger charge is 2.30. The normalized spacial score (nSPS) is 22.0. The van der Waals surface area contributed by atoms with Gasteiger partial charge in [-0.05, 0) is 49.1 Å². The van der Waals surface area contributed by atoms with Crippen molar-refractivity contribution in [2.75, 3.05) is 31.6 Å². The first kappa shape index (κ1) is 16.2. The molecular weight excluding hydrogens is 288 g/mol. The van der Waals surface area contributed by atoms with Gasteiger partial charge in [0.1, 0.15) is 5.75 Å². The highest BCUT2D eigenvalue weighted by atomic mass is 16.5. The largest absolute Gasteiger partial charge is 0.495 e. The van der Waals surface area contributed by atoms with Gasteiger partial charge in [-0.2, -0.15) is 0 Å². The number of hydrogen-bond donors (Lipinski definition) is 1. The molecule has 1 aromatic carbocycles. The van der Waals surface area contributed by atoms with Gasteiger partial charge >= 0.3 is 0 Å². The second-order valence-corrected chi connectivity index (χ2v) is 7.10. The number of benzene rings is 1. The Morgan fingerprint density at radius 1 is 1.35 bits per heavy atom. The monoisotopic (exact) mass is 316 g/mol. The summed E-state index contributed by atoms with van der Waals surface area (Å²) in [5, 5.41) is 3.14. The van der Waals surface area contributed by atoms with Crippen molar-refractivity contribution in [3.63, 3.8) is 0 Å². The SMILES string of the molecule is COc1ccccc1N1CC[C@H](CNC(=O)C[C@@H](C)C2CC2)C1. The molecule has 1 aromatic rings. The van der Waals surface area contributed by atoms with E-state index in [1.165, 1.54) is 12.8 Å². The highest BCUT2D eigenvalue weighted by Crippen LogP contribution is 2.38. The third-order valence-corrected chi connectivity index (χ3v) is 5.23. The smallest absolute Gasteiger partial charge is 0.220 e. The molecule has 126 valence electrons. The van der Waals surface area contributed by atoms with Crippen LogP contribution in [0.5, 0.6) is 5.75 Å². The molecule has 2 aliphatic rings. The average molecular weight is 316 g/mol. The minimum absolute atomic E-state index is 0.222. The lowest BCUT2D eigenvalue weighted by atomic mass is 10.0. The molecular formula is C19H28N2O2. The van der Waals surface area contributed by atoms with Gasteiger partial charge < -0.3 is 15.0 Å². The van der Waals surface area contributed by atoms with Crippen LogP contribution in [0.4, 0.5) is 5.69 Å². The Balaban J connectivity index is 1.45. The molecule has 0 aromatic heterocycles. The molecule has 1 saturated carbocycles. The maximum atomic E-state index is 12.0. The number of nitrogens with zero attached hydrogens (tertiary/aromatic N) is 1. The van der Waals surface area contributed by atoms with Crippen LogP contribution >= 0.6 is 0 Å². The van der Waals surface area contributed by atoms with E-state index in [2.05, 4.69) is 23.2 Å². The first-order valence-corrected chi connectivity index (χ1v) is 8.82. The van der Waals surface area contributed by atoms with Crippen LogP contribution in [-0.4, -0.2) is 32.7 Å². The Hall–Kier alpha value is -1.71. The van der Waals surface area contributed by atoms with Crippen LogP contribution in [0.15, 0.2) is 24.3 Å². The molecule has 1 saturated heterocycles. The van der Waals surface area contributed by atoms with Gasteiger partial charge in [0.05, 0.1) is 12.8 Å². The van der Waals surface area contributed by atoms with Gasteiger partial charge in [-0.15, -0.1) is 0 Å². The van der Waals surface area contributed by atoms with Crippen LogP contribution in [0, 0.1) is 17.8 Å². The summed E-state index contributed by atoms with van der Waals surface area (Å²) in [7, 11) is 1.72. The Bertz CT molecular complexity index is 542. The number of carbonyl (C=O) groups is 1. The minimum Gasteiger partial charge on any atom is -0.495 e. The minimum atomic E-state index is 0.222. The van der Waals surface area contributed by atoms with Crippen molar-refractivity contribution in [3.8, 4) is 5.75 Å². The maximum absolute atomic E-state index is 12.0. The number of para-hydroxylation sites is 2. The van der Waals surface area contributed by atoms with Crippen molar-refractivity contribution in [1.82, 2.24) is 5.32 Å². The summed E-state index contributed by atoms with van der Waals surface area (Å²) in [4.78, 5) is 14.4. The Morgan fingerprint density at radius 3 is 2.87 bits per heavy atom. The standard InChI is InChI=1S/C19H28N2O2/c1-14(16-7-8-16)11-19(22)20-12-15-9-10-21(13-15)17-5-3-4-6-18(17)23-2/h3-6,14-16H,7-13H2,1-2H3,(H,20,22)/t14-,15-/m1/s1. The predicted octanol–water partition coefficient (Wildman–Crippen LogP) is 3.07. The average Bonchev–Trinajstić information content (AvgIpc) is 3.32. The van der Waals surface area contributed by atoms with E-state index in [1.54, 1.807) is 7.11 Å². The topological polar surface area (TPSA) is 41.6 Å². The molecule has 2 atom stereocenters. The second-order valence-electron chi connectivity index (χ2n) is 7.10. The van der Waals surface area contributed by atoms with E-state index in [-0.39, 0.29) is 5.91 Å². The summed E-state index contributed by atoms with van der Waals surface area (Å²) in [6.45, 7) is 5.01. The van der Waals surface area contributed by atoms with E-state index in [0.29, 0.717) is 18.3 Å². The fourth-order valence-electron chi connectivity index (χ4n) is 3.56. The summed E-state index contributed by atoms with van der Waals surface area (Å²) < 4.78 is 5.45. The molecule has 0 radical (unpaired) electrons. The van der Waals surface area contributed by atoms with Gasteiger partial charge in [0.2, 0.25) is 5.91 Å². The zero-order chi connectivity index (χ0) is 16.2. The van der Waals surface area contributed by atoms with Gasteiger partial charge in [-0.1, -0.05) is 19.1 Å². The predicted molar refractivity (Wildman–Crippen MR) is 92.8 cm³/mol. The van der Waals surface area contributed by atoms with E-state index in [4.69, 9.17) is 4.74 Å². The number of anilines is 1. The Labute approximate surface area is 139 Å². The van der Waals surface area contributed by atoms with E-state index in [9.17, 15) is 4.79 Å².